The molecule has 0 radical (unpaired) electrons. The van der Waals surface area contributed by atoms with Crippen LogP contribution in [0.15, 0.2) is 0 Å². The van der Waals surface area contributed by atoms with Crippen molar-refractivity contribution >= 4 is 59.1 Å². The Kier molecular flexibility index (Phi) is 31.1. The summed E-state index contributed by atoms with van der Waals surface area (Å²) in [4.78, 5) is 130. The molecular weight excluding hydrogens is 863 g/mol. The fourth-order valence-electron chi connectivity index (χ4n) is 6.28. The molecule has 20 N–H and O–H groups in total. The molecule has 4 unspecified atom stereocenters. The van der Waals surface area contributed by atoms with Gasteiger partial charge in [-0.1, -0.05) is 27.7 Å². The van der Waals surface area contributed by atoms with Gasteiger partial charge in [0.15, 0.2) is 0 Å². The summed E-state index contributed by atoms with van der Waals surface area (Å²) in [5.41, 5.74) is 28.3. The molecule has 25 heteroatoms. The number of amides is 10. The maximum Gasteiger partial charge on any atom is 0.243 e. The molecule has 0 aliphatic carbocycles. The van der Waals surface area contributed by atoms with E-state index in [9.17, 15) is 47.9 Å². The van der Waals surface area contributed by atoms with Gasteiger partial charge in [0.2, 0.25) is 59.1 Å². The van der Waals surface area contributed by atoms with Gasteiger partial charge in [0.25, 0.3) is 0 Å². The lowest BCUT2D eigenvalue weighted by Gasteiger charge is -2.27. The van der Waals surface area contributed by atoms with Crippen molar-refractivity contribution < 1.29 is 47.9 Å². The molecule has 8 atom stereocenters. The maximum absolute atomic E-state index is 13.7. The van der Waals surface area contributed by atoms with Crippen molar-refractivity contribution in [3.05, 3.63) is 0 Å². The van der Waals surface area contributed by atoms with Crippen LogP contribution in [0.5, 0.6) is 0 Å². The molecule has 0 aromatic rings. The average molecular weight is 942 g/mol. The smallest absolute Gasteiger partial charge is 0.243 e. The third kappa shape index (κ3) is 23.6. The van der Waals surface area contributed by atoms with Crippen molar-refractivity contribution in [2.24, 2.45) is 34.6 Å². The number of carbonyl (C=O) groups is 10. The van der Waals surface area contributed by atoms with E-state index in [1.54, 1.807) is 34.6 Å². The summed E-state index contributed by atoms with van der Waals surface area (Å²) < 4.78 is 0. The van der Waals surface area contributed by atoms with Gasteiger partial charge in [-0.3, -0.25) is 47.9 Å². The molecule has 0 bridgehead atoms. The Morgan fingerprint density at radius 2 is 0.758 bits per heavy atom. The van der Waals surface area contributed by atoms with Crippen molar-refractivity contribution in [2.75, 3.05) is 45.8 Å². The van der Waals surface area contributed by atoms with Gasteiger partial charge >= 0.3 is 0 Å². The quantitative estimate of drug-likeness (QED) is 0.0286. The molecule has 66 heavy (non-hydrogen) atoms. The van der Waals surface area contributed by atoms with E-state index in [0.29, 0.717) is 19.5 Å². The monoisotopic (exact) mass is 942 g/mol. The molecule has 0 aromatic heterocycles. The van der Waals surface area contributed by atoms with Crippen LogP contribution in [0.25, 0.3) is 0 Å². The van der Waals surface area contributed by atoms with Crippen LogP contribution in [0.4, 0.5) is 0 Å². The van der Waals surface area contributed by atoms with Crippen LogP contribution >= 0.6 is 0 Å². The lowest BCUT2D eigenvalue weighted by atomic mass is 10.0. The van der Waals surface area contributed by atoms with Crippen LogP contribution in [-0.4, -0.2) is 153 Å². The number of rotatable bonds is 34. The Hall–Kier alpha value is -5.50. The number of nitrogens with one attached hydrogen (secondary N) is 10. The van der Waals surface area contributed by atoms with Crippen LogP contribution in [0.1, 0.15) is 99.3 Å². The van der Waals surface area contributed by atoms with Gasteiger partial charge in [0, 0.05) is 13.0 Å². The Balaban J connectivity index is 5.73. The number of carbonyl (C=O) groups excluding carboxylic acids is 10. The third-order valence-corrected chi connectivity index (χ3v) is 9.95. The molecule has 0 saturated heterocycles. The van der Waals surface area contributed by atoms with Crippen molar-refractivity contribution in [2.45, 2.75) is 148 Å². The van der Waals surface area contributed by atoms with Crippen molar-refractivity contribution in [1.29, 1.82) is 0 Å². The molecule has 10 amide bonds. The van der Waals surface area contributed by atoms with E-state index in [1.165, 1.54) is 6.92 Å². The van der Waals surface area contributed by atoms with Crippen molar-refractivity contribution in [3.8, 4) is 0 Å². The lowest BCUT2D eigenvalue weighted by molar-refractivity contribution is -0.135. The molecule has 0 spiro atoms. The van der Waals surface area contributed by atoms with E-state index in [1.807, 2.05) is 0 Å². The molecule has 0 aromatic carbocycles. The van der Waals surface area contributed by atoms with Crippen LogP contribution in [0.3, 0.4) is 0 Å². The van der Waals surface area contributed by atoms with Gasteiger partial charge in [-0.2, -0.15) is 0 Å². The highest BCUT2D eigenvalue weighted by Crippen LogP contribution is 2.08. The third-order valence-electron chi connectivity index (χ3n) is 9.95. The molecule has 0 aliphatic heterocycles. The first-order valence-electron chi connectivity index (χ1n) is 22.7. The predicted octanol–water partition coefficient (Wildman–Crippen LogP) is -5.86. The minimum atomic E-state index is -1.25. The van der Waals surface area contributed by atoms with Crippen LogP contribution in [0, 0.1) is 5.92 Å². The molecule has 0 fully saturated rings. The van der Waals surface area contributed by atoms with E-state index in [2.05, 4.69) is 53.2 Å². The minimum absolute atomic E-state index is 0.00375. The first kappa shape index (κ1) is 60.5. The second kappa shape index (κ2) is 33.9. The first-order chi connectivity index (χ1) is 31.3. The zero-order valence-electron chi connectivity index (χ0n) is 39.5. The molecule has 378 valence electrons. The molecule has 0 aliphatic rings. The van der Waals surface area contributed by atoms with E-state index in [0.717, 1.165) is 0 Å². The lowest BCUT2D eigenvalue weighted by Crippen LogP contribution is -2.60. The average Bonchev–Trinajstić information content (AvgIpc) is 3.26. The summed E-state index contributed by atoms with van der Waals surface area (Å²) in [5, 5.41) is 25.6. The fraction of sp³-hybridized carbons (Fsp3) is 0.756. The van der Waals surface area contributed by atoms with Gasteiger partial charge in [0.05, 0.1) is 6.54 Å². The van der Waals surface area contributed by atoms with E-state index in [-0.39, 0.29) is 89.4 Å². The standard InChI is InChI=1S/C41H79N15O10/c1-7-25(35(60)47-9-3)52-39(64)29(14-19-45)54-40(65)30(15-20-46)55-41(66)31(21-23(4)5)56-34(59)24(6)49-38(63)28(13-18-44)51-33(58)22-48-36(61)27(12-17-43)53-37(62)26(8-2)50-32(57)11-10-16-42/h23-31H,7-22,42-46H2,1-6H3,(H,47,60)(H,48,61)(H,49,63)(H,50,57)(H,51,58)(H,52,64)(H,53,62)(H,54,65)(H,55,66)(H,56,59)/t24-,25?,26?,27?,28?,29-,30-,31-/m0/s1. The van der Waals surface area contributed by atoms with Crippen molar-refractivity contribution in [1.82, 2.24) is 53.2 Å². The first-order valence-corrected chi connectivity index (χ1v) is 22.7. The molecule has 0 heterocycles. The summed E-state index contributed by atoms with van der Waals surface area (Å²) in [6.07, 6.45) is 1.11. The second-order valence-corrected chi connectivity index (χ2v) is 16.0. The van der Waals surface area contributed by atoms with E-state index >= 15 is 0 Å². The van der Waals surface area contributed by atoms with Gasteiger partial charge < -0.3 is 81.8 Å². The summed E-state index contributed by atoms with van der Waals surface area (Å²) >= 11 is 0. The highest BCUT2D eigenvalue weighted by atomic mass is 16.2. The highest BCUT2D eigenvalue weighted by molar-refractivity contribution is 5.98. The zero-order valence-corrected chi connectivity index (χ0v) is 39.5. The summed E-state index contributed by atoms with van der Waals surface area (Å²) in [6, 6.07) is -9.01. The summed E-state index contributed by atoms with van der Waals surface area (Å²) in [5.74, 6) is -6.79. The van der Waals surface area contributed by atoms with Gasteiger partial charge in [-0.25, -0.2) is 0 Å². The summed E-state index contributed by atoms with van der Waals surface area (Å²) in [6.45, 7) is 10.0. The van der Waals surface area contributed by atoms with Crippen LogP contribution in [-0.2, 0) is 47.9 Å². The van der Waals surface area contributed by atoms with E-state index in [4.69, 9.17) is 28.7 Å². The SMILES string of the molecule is CCNC(=O)C(CC)NC(=O)[C@H](CCN)NC(=O)[C@H](CCN)NC(=O)[C@H](CC(C)C)NC(=O)[C@H](C)NC(=O)C(CCN)NC(=O)CNC(=O)C(CCN)NC(=O)C(CC)NC(=O)CCCN. The maximum atomic E-state index is 13.7. The fourth-order valence-corrected chi connectivity index (χ4v) is 6.28. The molecule has 0 saturated carbocycles. The number of hydrogen-bond acceptors (Lipinski definition) is 15. The van der Waals surface area contributed by atoms with Gasteiger partial charge in [0.1, 0.15) is 48.3 Å². The largest absolute Gasteiger partial charge is 0.355 e. The normalized spacial score (nSPS) is 14.6. The Morgan fingerprint density at radius 1 is 0.394 bits per heavy atom. The highest BCUT2D eigenvalue weighted by Gasteiger charge is 2.33. The van der Waals surface area contributed by atoms with Crippen LogP contribution in [0.2, 0.25) is 0 Å². The number of nitrogens with two attached hydrogens (primary N) is 5. The molecular formula is C41H79N15O10. The van der Waals surface area contributed by atoms with Gasteiger partial charge in [-0.15, -0.1) is 0 Å². The molecule has 25 nitrogen and oxygen atoms in total. The van der Waals surface area contributed by atoms with Crippen LogP contribution < -0.4 is 81.8 Å². The van der Waals surface area contributed by atoms with E-state index < -0.39 is 108 Å². The predicted molar refractivity (Wildman–Crippen MR) is 246 cm³/mol. The summed E-state index contributed by atoms with van der Waals surface area (Å²) in [7, 11) is 0. The number of likely N-dealkylation sites (N-methyl/N-ethyl adjacent to an activating group) is 1. The second-order valence-electron chi connectivity index (χ2n) is 16.0. The van der Waals surface area contributed by atoms with Crippen molar-refractivity contribution in [3.63, 3.8) is 0 Å². The Bertz CT molecular complexity index is 1590. The topological polar surface area (TPSA) is 421 Å². The van der Waals surface area contributed by atoms with Gasteiger partial charge in [-0.05, 0) is 104 Å². The number of hydrogen-bond donors (Lipinski definition) is 15. The minimum Gasteiger partial charge on any atom is -0.355 e. The molecule has 0 rings (SSSR count). The Labute approximate surface area is 387 Å². The zero-order chi connectivity index (χ0) is 50.4. The Morgan fingerprint density at radius 3 is 1.20 bits per heavy atom.